The number of allylic oxidation sites excluding steroid dienone is 4. The first kappa shape index (κ1) is 28.6. The van der Waals surface area contributed by atoms with E-state index < -0.39 is 70.5 Å². The van der Waals surface area contributed by atoms with E-state index in [1.807, 2.05) is 13.8 Å². The van der Waals surface area contributed by atoms with Crippen molar-refractivity contribution in [3.8, 4) is 0 Å². The molecule has 4 aliphatic carbocycles. The molecule has 0 spiro atoms. The fourth-order valence-electron chi connectivity index (χ4n) is 9.25. The molecule has 9 atom stereocenters. The number of aliphatic hydroxyl groups is 2. The Bertz CT molecular complexity index is 1360. The van der Waals surface area contributed by atoms with Crippen LogP contribution in [-0.2, 0) is 27.1 Å². The van der Waals surface area contributed by atoms with E-state index in [-0.39, 0.29) is 49.1 Å². The zero-order valence-electron chi connectivity index (χ0n) is 22.6. The normalized spacial score (nSPS) is 41.9. The summed E-state index contributed by atoms with van der Waals surface area (Å²) in [5.74, 6) is -3.78. The Morgan fingerprint density at radius 3 is 2.63 bits per heavy atom. The number of carbonyl (C=O) groups is 2. The molecule has 11 heteroatoms. The summed E-state index contributed by atoms with van der Waals surface area (Å²) in [5.41, 5.74) is -4.39. The second-order valence-electron chi connectivity index (χ2n) is 12.8. The lowest BCUT2D eigenvalue weighted by atomic mass is 9.46. The summed E-state index contributed by atoms with van der Waals surface area (Å²) in [7, 11) is 0. The Hall–Kier alpha value is -2.47. The van der Waals surface area contributed by atoms with E-state index in [0.29, 0.717) is 18.1 Å². The zero-order chi connectivity index (χ0) is 29.7. The molecular weight excluding hydrogens is 549 g/mol. The Morgan fingerprint density at radius 2 is 1.95 bits per heavy atom. The molecule has 1 aromatic carbocycles. The van der Waals surface area contributed by atoms with E-state index in [9.17, 15) is 37.4 Å². The minimum Gasteiger partial charge on any atom is -0.393 e. The molecule has 41 heavy (non-hydrogen) atoms. The number of alkyl halides is 4. The first-order chi connectivity index (χ1) is 19.2. The molecule has 6 rings (SSSR count). The smallest absolute Gasteiger partial charge is 0.393 e. The number of nitrogens with zero attached hydrogens (tertiary/aromatic N) is 1. The SMILES string of the molecule is C[C@]12C=CC(=O)C=C1[C@@H](F)C[C@@H]1C2[C@@H](O)C[C@@]2(C)[C@H]1C[C@H]1CN(Cc3ccc(F)c(C(F)(F)F)c3)O[C@]12C(=O)CO. The van der Waals surface area contributed by atoms with Crippen LogP contribution in [-0.4, -0.2) is 57.9 Å². The van der Waals surface area contributed by atoms with E-state index in [0.717, 1.165) is 6.07 Å². The highest BCUT2D eigenvalue weighted by atomic mass is 19.4. The number of hydrogen-bond acceptors (Lipinski definition) is 6. The van der Waals surface area contributed by atoms with Crippen molar-refractivity contribution in [1.82, 2.24) is 5.06 Å². The van der Waals surface area contributed by atoms with Gasteiger partial charge < -0.3 is 10.2 Å². The molecule has 0 bridgehead atoms. The molecule has 4 fully saturated rings. The summed E-state index contributed by atoms with van der Waals surface area (Å²) in [6.07, 6.45) is -2.26. The summed E-state index contributed by atoms with van der Waals surface area (Å²) >= 11 is 0. The van der Waals surface area contributed by atoms with Crippen molar-refractivity contribution in [1.29, 1.82) is 0 Å². The number of carbonyl (C=O) groups excluding carboxylic acids is 2. The van der Waals surface area contributed by atoms with Crippen LogP contribution in [0, 0.1) is 40.3 Å². The number of hydrogen-bond donors (Lipinski definition) is 2. The van der Waals surface area contributed by atoms with Gasteiger partial charge in [-0.15, -0.1) is 0 Å². The van der Waals surface area contributed by atoms with E-state index in [1.54, 1.807) is 6.08 Å². The minimum absolute atomic E-state index is 0.0696. The average Bonchev–Trinajstić information content (AvgIpc) is 3.37. The van der Waals surface area contributed by atoms with Crippen molar-refractivity contribution >= 4 is 11.6 Å². The molecule has 0 aromatic heterocycles. The van der Waals surface area contributed by atoms with Gasteiger partial charge in [-0.2, -0.15) is 18.2 Å². The van der Waals surface area contributed by atoms with Gasteiger partial charge in [0.1, 0.15) is 18.6 Å². The Labute approximate surface area is 233 Å². The number of fused-ring (bicyclic) bond motifs is 7. The molecule has 0 radical (unpaired) electrons. The summed E-state index contributed by atoms with van der Waals surface area (Å²) < 4.78 is 69.4. The van der Waals surface area contributed by atoms with Crippen LogP contribution < -0.4 is 0 Å². The lowest BCUT2D eigenvalue weighted by Gasteiger charge is -2.60. The second-order valence-corrected chi connectivity index (χ2v) is 12.8. The topological polar surface area (TPSA) is 87.1 Å². The van der Waals surface area contributed by atoms with Gasteiger partial charge >= 0.3 is 6.18 Å². The fourth-order valence-corrected chi connectivity index (χ4v) is 9.25. The summed E-state index contributed by atoms with van der Waals surface area (Å²) in [6.45, 7) is 2.80. The number of halogens is 5. The summed E-state index contributed by atoms with van der Waals surface area (Å²) in [5, 5.41) is 23.1. The van der Waals surface area contributed by atoms with Gasteiger partial charge in [-0.1, -0.05) is 26.0 Å². The van der Waals surface area contributed by atoms with Crippen molar-refractivity contribution in [2.24, 2.45) is 34.5 Å². The number of aliphatic hydroxyl groups excluding tert-OH is 2. The van der Waals surface area contributed by atoms with Crippen LogP contribution in [0.1, 0.15) is 44.2 Å². The van der Waals surface area contributed by atoms with Crippen molar-refractivity contribution in [3.63, 3.8) is 0 Å². The number of Topliss-reactive ketones (excluding diaryl/α,β-unsaturated/α-hetero) is 1. The standard InChI is InChI=1S/C30H32F5NO5/c1-27-6-5-17(38)9-20(27)23(32)10-18-19-8-16-13-36(12-15-3-4-22(31)21(7-15)30(33,34)35)41-29(16,25(40)14-37)28(19,2)11-24(39)26(18)27/h3-7,9,16,18-19,23-24,26,37,39H,8,10-14H2,1-2H3/t16-,18-,19-,23-,24-,26?,27-,28-,29-/m0/s1. The molecule has 1 aliphatic heterocycles. The predicted octanol–water partition coefficient (Wildman–Crippen LogP) is 4.34. The molecule has 5 aliphatic rings. The van der Waals surface area contributed by atoms with Crippen LogP contribution >= 0.6 is 0 Å². The van der Waals surface area contributed by atoms with Gasteiger partial charge in [0.15, 0.2) is 17.2 Å². The maximum atomic E-state index is 15.7. The molecule has 0 amide bonds. The quantitative estimate of drug-likeness (QED) is 0.515. The van der Waals surface area contributed by atoms with Gasteiger partial charge in [0.05, 0.1) is 11.7 Å². The van der Waals surface area contributed by atoms with Crippen LogP contribution in [0.15, 0.2) is 42.0 Å². The maximum Gasteiger partial charge on any atom is 0.419 e. The van der Waals surface area contributed by atoms with Crippen molar-refractivity contribution in [3.05, 3.63) is 58.9 Å². The van der Waals surface area contributed by atoms with E-state index in [4.69, 9.17) is 4.84 Å². The summed E-state index contributed by atoms with van der Waals surface area (Å²) in [4.78, 5) is 31.9. The van der Waals surface area contributed by atoms with Crippen LogP contribution in [0.25, 0.3) is 0 Å². The minimum atomic E-state index is -4.88. The number of benzene rings is 1. The van der Waals surface area contributed by atoms with Crippen molar-refractivity contribution in [2.45, 2.75) is 63.7 Å². The van der Waals surface area contributed by atoms with Crippen LogP contribution in [0.4, 0.5) is 22.0 Å². The van der Waals surface area contributed by atoms with Crippen LogP contribution in [0.5, 0.6) is 0 Å². The number of rotatable bonds is 4. The number of hydroxylamine groups is 2. The lowest BCUT2D eigenvalue weighted by molar-refractivity contribution is -0.255. The molecule has 1 heterocycles. The Morgan fingerprint density at radius 1 is 1.22 bits per heavy atom. The van der Waals surface area contributed by atoms with E-state index in [1.165, 1.54) is 23.3 Å². The summed E-state index contributed by atoms with van der Waals surface area (Å²) in [6, 6.07) is 2.68. The average molecular weight is 582 g/mol. The highest BCUT2D eigenvalue weighted by molar-refractivity contribution is 6.01. The van der Waals surface area contributed by atoms with Gasteiger partial charge in [0.25, 0.3) is 0 Å². The molecule has 3 saturated carbocycles. The third-order valence-electron chi connectivity index (χ3n) is 10.8. The predicted molar refractivity (Wildman–Crippen MR) is 135 cm³/mol. The third kappa shape index (κ3) is 3.95. The van der Waals surface area contributed by atoms with E-state index >= 15 is 4.39 Å². The van der Waals surface area contributed by atoms with Gasteiger partial charge in [-0.25, -0.2) is 8.78 Å². The highest BCUT2D eigenvalue weighted by Crippen LogP contribution is 2.70. The Balaban J connectivity index is 1.34. The monoisotopic (exact) mass is 581 g/mol. The van der Waals surface area contributed by atoms with Gasteiger partial charge in [0, 0.05) is 35.8 Å². The second kappa shape index (κ2) is 9.26. The van der Waals surface area contributed by atoms with Crippen LogP contribution in [0.3, 0.4) is 0 Å². The molecule has 2 N–H and O–H groups in total. The first-order valence-corrected chi connectivity index (χ1v) is 13.9. The van der Waals surface area contributed by atoms with Crippen LogP contribution in [0.2, 0.25) is 0 Å². The maximum absolute atomic E-state index is 15.7. The van der Waals surface area contributed by atoms with Crippen molar-refractivity contribution < 1.29 is 46.6 Å². The van der Waals surface area contributed by atoms with E-state index in [2.05, 4.69) is 0 Å². The molecular formula is C30H32F5NO5. The number of ketones is 2. The van der Waals surface area contributed by atoms with Crippen molar-refractivity contribution in [2.75, 3.05) is 13.2 Å². The first-order valence-electron chi connectivity index (χ1n) is 13.9. The zero-order valence-corrected chi connectivity index (χ0v) is 22.6. The third-order valence-corrected chi connectivity index (χ3v) is 10.8. The molecule has 222 valence electrons. The Kier molecular flexibility index (Phi) is 6.47. The molecule has 1 aromatic rings. The van der Waals surface area contributed by atoms with Gasteiger partial charge in [-0.05, 0) is 66.5 Å². The molecule has 1 unspecified atom stereocenters. The molecule has 6 nitrogen and oxygen atoms in total. The fraction of sp³-hybridized carbons (Fsp3) is 0.600. The molecule has 1 saturated heterocycles. The largest absolute Gasteiger partial charge is 0.419 e. The lowest BCUT2D eigenvalue weighted by Crippen LogP contribution is -2.64. The highest BCUT2D eigenvalue weighted by Gasteiger charge is 2.75. The van der Waals surface area contributed by atoms with Gasteiger partial charge in [0.2, 0.25) is 0 Å². The van der Waals surface area contributed by atoms with Gasteiger partial charge in [-0.3, -0.25) is 14.4 Å².